The van der Waals surface area contributed by atoms with Crippen molar-refractivity contribution in [3.8, 4) is 0 Å². The van der Waals surface area contributed by atoms with Gasteiger partial charge in [-0.05, 0) is 42.9 Å². The Morgan fingerprint density at radius 1 is 0.880 bits per heavy atom. The van der Waals surface area contributed by atoms with Gasteiger partial charge in [-0.15, -0.1) is 12.4 Å². The Bertz CT molecular complexity index is 830. The van der Waals surface area contributed by atoms with Gasteiger partial charge < -0.3 is 4.90 Å². The van der Waals surface area contributed by atoms with Gasteiger partial charge in [-0.2, -0.15) is 0 Å². The SMILES string of the molecule is CN(C)C[C@H](Cc1ccccc1)C(=O)c1ccc2ccccc2c1.Cl. The Labute approximate surface area is 155 Å². The number of carbonyl (C=O) groups is 1. The zero-order valence-corrected chi connectivity index (χ0v) is 15.5. The lowest BCUT2D eigenvalue weighted by Gasteiger charge is -2.20. The Hall–Kier alpha value is -2.16. The summed E-state index contributed by atoms with van der Waals surface area (Å²) in [6.07, 6.45) is 0.769. The summed E-state index contributed by atoms with van der Waals surface area (Å²) in [7, 11) is 4.04. The summed E-state index contributed by atoms with van der Waals surface area (Å²) < 4.78 is 0. The van der Waals surface area contributed by atoms with Gasteiger partial charge in [0.1, 0.15) is 0 Å². The van der Waals surface area contributed by atoms with Crippen LogP contribution in [0.1, 0.15) is 15.9 Å². The Morgan fingerprint density at radius 3 is 2.20 bits per heavy atom. The molecule has 0 unspecified atom stereocenters. The van der Waals surface area contributed by atoms with Crippen LogP contribution in [0.15, 0.2) is 72.8 Å². The zero-order valence-electron chi connectivity index (χ0n) is 14.7. The predicted octanol–water partition coefficient (Wildman–Crippen LogP) is 4.86. The van der Waals surface area contributed by atoms with Gasteiger partial charge in [0.15, 0.2) is 5.78 Å². The molecule has 0 saturated heterocycles. The second-order valence-corrected chi connectivity index (χ2v) is 6.58. The number of carbonyl (C=O) groups excluding carboxylic acids is 1. The lowest BCUT2D eigenvalue weighted by molar-refractivity contribution is 0.0897. The third-order valence-electron chi connectivity index (χ3n) is 4.32. The first kappa shape index (κ1) is 19.2. The lowest BCUT2D eigenvalue weighted by atomic mass is 9.90. The molecule has 3 aromatic carbocycles. The molecule has 2 nitrogen and oxygen atoms in total. The van der Waals surface area contributed by atoms with Crippen LogP contribution in [0, 0.1) is 5.92 Å². The summed E-state index contributed by atoms with van der Waals surface area (Å²) in [6, 6.07) is 24.4. The molecule has 0 spiro atoms. The summed E-state index contributed by atoms with van der Waals surface area (Å²) in [5, 5.41) is 2.29. The Kier molecular flexibility index (Phi) is 6.74. The highest BCUT2D eigenvalue weighted by Gasteiger charge is 2.21. The first-order chi connectivity index (χ1) is 11.6. The van der Waals surface area contributed by atoms with Crippen molar-refractivity contribution in [1.29, 1.82) is 0 Å². The molecular formula is C22H24ClNO. The van der Waals surface area contributed by atoms with Gasteiger partial charge in [0.25, 0.3) is 0 Å². The number of Topliss-reactive ketones (excluding diaryl/α,β-unsaturated/α-hetero) is 1. The van der Waals surface area contributed by atoms with Crippen molar-refractivity contribution >= 4 is 29.0 Å². The molecule has 3 aromatic rings. The maximum atomic E-state index is 13.1. The number of hydrogen-bond acceptors (Lipinski definition) is 2. The van der Waals surface area contributed by atoms with Crippen molar-refractivity contribution in [2.45, 2.75) is 6.42 Å². The van der Waals surface area contributed by atoms with E-state index in [0.29, 0.717) is 0 Å². The first-order valence-corrected chi connectivity index (χ1v) is 8.35. The van der Waals surface area contributed by atoms with Gasteiger partial charge >= 0.3 is 0 Å². The van der Waals surface area contributed by atoms with E-state index in [4.69, 9.17) is 0 Å². The number of halogens is 1. The predicted molar refractivity (Wildman–Crippen MR) is 108 cm³/mol. The summed E-state index contributed by atoms with van der Waals surface area (Å²) in [6.45, 7) is 0.751. The van der Waals surface area contributed by atoms with E-state index in [2.05, 4.69) is 29.2 Å². The molecule has 1 atom stereocenters. The second-order valence-electron chi connectivity index (χ2n) is 6.58. The lowest BCUT2D eigenvalue weighted by Crippen LogP contribution is -2.29. The molecule has 0 aliphatic rings. The quantitative estimate of drug-likeness (QED) is 0.589. The fraction of sp³-hybridized carbons (Fsp3) is 0.227. The normalized spacial score (nSPS) is 12.0. The number of ketones is 1. The summed E-state index contributed by atoms with van der Waals surface area (Å²) in [5.41, 5.74) is 2.01. The van der Waals surface area contributed by atoms with Gasteiger partial charge in [0.2, 0.25) is 0 Å². The van der Waals surface area contributed by atoms with Gasteiger partial charge in [0, 0.05) is 18.0 Å². The number of hydrogen-bond donors (Lipinski definition) is 0. The van der Waals surface area contributed by atoms with Crippen LogP contribution in [0.2, 0.25) is 0 Å². The first-order valence-electron chi connectivity index (χ1n) is 8.35. The number of fused-ring (bicyclic) bond motifs is 1. The van der Waals surface area contributed by atoms with Crippen molar-refractivity contribution < 1.29 is 4.79 Å². The molecule has 0 aliphatic carbocycles. The maximum absolute atomic E-state index is 13.1. The molecule has 0 amide bonds. The van der Waals surface area contributed by atoms with E-state index in [-0.39, 0.29) is 24.1 Å². The average molecular weight is 354 g/mol. The topological polar surface area (TPSA) is 20.3 Å². The van der Waals surface area contributed by atoms with E-state index in [1.54, 1.807) is 0 Å². The van der Waals surface area contributed by atoms with Crippen LogP contribution < -0.4 is 0 Å². The molecule has 0 bridgehead atoms. The maximum Gasteiger partial charge on any atom is 0.167 e. The van der Waals surface area contributed by atoms with E-state index < -0.39 is 0 Å². The largest absolute Gasteiger partial charge is 0.309 e. The molecule has 25 heavy (non-hydrogen) atoms. The number of rotatable bonds is 6. The molecule has 3 heteroatoms. The van der Waals surface area contributed by atoms with Gasteiger partial charge in [0.05, 0.1) is 0 Å². The third-order valence-corrected chi connectivity index (χ3v) is 4.32. The van der Waals surface area contributed by atoms with Crippen LogP contribution in [0.25, 0.3) is 10.8 Å². The van der Waals surface area contributed by atoms with Gasteiger partial charge in [-0.1, -0.05) is 66.7 Å². The molecule has 0 saturated carbocycles. The smallest absolute Gasteiger partial charge is 0.167 e. The highest BCUT2D eigenvalue weighted by atomic mass is 35.5. The van der Waals surface area contributed by atoms with E-state index in [1.807, 2.05) is 62.6 Å². The highest BCUT2D eigenvalue weighted by molar-refractivity contribution is 6.01. The highest BCUT2D eigenvalue weighted by Crippen LogP contribution is 2.20. The molecule has 0 N–H and O–H groups in total. The van der Waals surface area contributed by atoms with Gasteiger partial charge in [-0.3, -0.25) is 4.79 Å². The van der Waals surface area contributed by atoms with Crippen molar-refractivity contribution in [3.05, 3.63) is 83.9 Å². The minimum Gasteiger partial charge on any atom is -0.309 e. The van der Waals surface area contributed by atoms with Crippen LogP contribution in [-0.2, 0) is 6.42 Å². The number of nitrogens with zero attached hydrogens (tertiary/aromatic N) is 1. The van der Waals surface area contributed by atoms with Crippen molar-refractivity contribution in [2.24, 2.45) is 5.92 Å². The molecule has 0 radical (unpaired) electrons. The summed E-state index contributed by atoms with van der Waals surface area (Å²) >= 11 is 0. The molecule has 3 rings (SSSR count). The fourth-order valence-electron chi connectivity index (χ4n) is 3.16. The van der Waals surface area contributed by atoms with E-state index in [1.165, 1.54) is 10.9 Å². The van der Waals surface area contributed by atoms with Crippen LogP contribution in [0.4, 0.5) is 0 Å². The monoisotopic (exact) mass is 353 g/mol. The fourth-order valence-corrected chi connectivity index (χ4v) is 3.16. The van der Waals surface area contributed by atoms with Crippen LogP contribution >= 0.6 is 12.4 Å². The van der Waals surface area contributed by atoms with Crippen LogP contribution in [0.5, 0.6) is 0 Å². The van der Waals surface area contributed by atoms with Crippen molar-refractivity contribution in [3.63, 3.8) is 0 Å². The summed E-state index contributed by atoms with van der Waals surface area (Å²) in [5.74, 6) is 0.182. The zero-order chi connectivity index (χ0) is 16.9. The minimum atomic E-state index is -0.0384. The Morgan fingerprint density at radius 2 is 1.52 bits per heavy atom. The molecular weight excluding hydrogens is 330 g/mol. The van der Waals surface area contributed by atoms with Crippen LogP contribution in [-0.4, -0.2) is 31.3 Å². The minimum absolute atomic E-state index is 0. The second kappa shape index (κ2) is 8.80. The molecule has 0 aliphatic heterocycles. The van der Waals surface area contributed by atoms with E-state index in [0.717, 1.165) is 23.9 Å². The number of benzene rings is 3. The van der Waals surface area contributed by atoms with Crippen molar-refractivity contribution in [2.75, 3.05) is 20.6 Å². The summed E-state index contributed by atoms with van der Waals surface area (Å²) in [4.78, 5) is 15.2. The van der Waals surface area contributed by atoms with Gasteiger partial charge in [-0.25, -0.2) is 0 Å². The molecule has 0 heterocycles. The van der Waals surface area contributed by atoms with E-state index >= 15 is 0 Å². The molecule has 130 valence electrons. The molecule has 0 fully saturated rings. The molecule has 0 aromatic heterocycles. The standard InChI is InChI=1S/C22H23NO.ClH/c1-23(2)16-21(14-17-8-4-3-5-9-17)22(24)20-13-12-18-10-6-7-11-19(18)15-20;/h3-13,15,21H,14,16H2,1-2H3;1H/t21-;/m0./s1. The van der Waals surface area contributed by atoms with E-state index in [9.17, 15) is 4.79 Å². The van der Waals surface area contributed by atoms with Crippen molar-refractivity contribution in [1.82, 2.24) is 4.90 Å². The average Bonchev–Trinajstić information content (AvgIpc) is 2.60. The third kappa shape index (κ3) is 4.91. The van der Waals surface area contributed by atoms with Crippen LogP contribution in [0.3, 0.4) is 0 Å². The Balaban J connectivity index is 0.00000225.